The normalized spacial score (nSPS) is 11.3. The molecule has 0 spiro atoms. The van der Waals surface area contributed by atoms with Gasteiger partial charge in [0.25, 0.3) is 0 Å². The zero-order chi connectivity index (χ0) is 23.1. The van der Waals surface area contributed by atoms with Crippen LogP contribution in [0.4, 0.5) is 0 Å². The van der Waals surface area contributed by atoms with Gasteiger partial charge in [-0.1, -0.05) is 75.7 Å². The molecular weight excluding hydrogens is 484 g/mol. The Balaban J connectivity index is 0.00000289. The molecule has 0 bridgehead atoms. The van der Waals surface area contributed by atoms with E-state index in [4.69, 9.17) is 0 Å². The number of benzene rings is 2. The molecule has 8 nitrogen and oxygen atoms in total. The van der Waals surface area contributed by atoms with Crippen LogP contribution in [0.15, 0.2) is 48.5 Å². The molecule has 172 valence electrons. The monoisotopic (exact) mass is 515 g/mol. The molecule has 3 aromatic rings. The number of carbonyl (C=O) groups is 2. The zero-order valence-electron chi connectivity index (χ0n) is 18.7. The van der Waals surface area contributed by atoms with Crippen LogP contribution < -0.4 is 0 Å². The third-order valence-corrected chi connectivity index (χ3v) is 5.43. The molecule has 0 aliphatic carbocycles. The first-order chi connectivity index (χ1) is 15.4. The van der Waals surface area contributed by atoms with Gasteiger partial charge in [-0.25, -0.2) is 9.89 Å². The summed E-state index contributed by atoms with van der Waals surface area (Å²) in [6, 6.07) is 14.8. The summed E-state index contributed by atoms with van der Waals surface area (Å²) in [4.78, 5) is 26.3. The molecule has 3 rings (SSSR count). The Morgan fingerprint density at radius 2 is 1.68 bits per heavy atom. The van der Waals surface area contributed by atoms with E-state index in [0.717, 1.165) is 35.1 Å². The second-order valence-corrected chi connectivity index (χ2v) is 8.14. The number of carbonyl (C=O) groups excluding carboxylic acids is 1. The van der Waals surface area contributed by atoms with E-state index in [0.29, 0.717) is 12.2 Å². The molecular formula is C24H31K2N5O3. The van der Waals surface area contributed by atoms with Crippen LogP contribution in [-0.4, -0.2) is 151 Å². The van der Waals surface area contributed by atoms with Gasteiger partial charge in [0, 0.05) is 18.5 Å². The molecule has 0 radical (unpaired) electrons. The van der Waals surface area contributed by atoms with Crippen molar-refractivity contribution < 1.29 is 14.7 Å². The quantitative estimate of drug-likeness (QED) is 0.402. The van der Waals surface area contributed by atoms with Crippen molar-refractivity contribution in [2.75, 3.05) is 0 Å². The minimum absolute atomic E-state index is 0. The number of rotatable bonds is 10. The Kier molecular flexibility index (Phi) is 14.7. The van der Waals surface area contributed by atoms with Crippen molar-refractivity contribution in [3.05, 3.63) is 54.1 Å². The molecule has 0 saturated carbocycles. The number of aromatic nitrogens is 4. The Hall–Kier alpha value is -0.277. The summed E-state index contributed by atoms with van der Waals surface area (Å²) in [5.41, 5.74) is 3.71. The molecule has 0 fully saturated rings. The van der Waals surface area contributed by atoms with E-state index in [-0.39, 0.29) is 121 Å². The van der Waals surface area contributed by atoms with Crippen molar-refractivity contribution in [3.63, 3.8) is 0 Å². The van der Waals surface area contributed by atoms with Crippen LogP contribution in [0.25, 0.3) is 22.5 Å². The third kappa shape index (κ3) is 8.39. The number of unbranched alkanes of at least 4 members (excludes halogenated alkanes) is 1. The fourth-order valence-corrected chi connectivity index (χ4v) is 3.79. The zero-order valence-corrected chi connectivity index (χ0v) is 18.7. The maximum atomic E-state index is 12.9. The average Bonchev–Trinajstić information content (AvgIpc) is 3.32. The molecule has 1 atom stereocenters. The van der Waals surface area contributed by atoms with Gasteiger partial charge < -0.3 is 10.0 Å². The first-order valence-electron chi connectivity index (χ1n) is 10.9. The van der Waals surface area contributed by atoms with Gasteiger partial charge in [-0.3, -0.25) is 4.79 Å². The molecule has 10 heteroatoms. The van der Waals surface area contributed by atoms with Gasteiger partial charge in [0.05, 0.1) is 0 Å². The number of carboxylic acid groups (broad SMARTS) is 1. The van der Waals surface area contributed by atoms with Crippen LogP contribution in [0.5, 0.6) is 0 Å². The first kappa shape index (κ1) is 31.8. The van der Waals surface area contributed by atoms with Crippen molar-refractivity contribution >= 4 is 115 Å². The Bertz CT molecular complexity index is 1040. The summed E-state index contributed by atoms with van der Waals surface area (Å²) < 4.78 is 0. The van der Waals surface area contributed by atoms with Crippen LogP contribution in [0.2, 0.25) is 0 Å². The predicted molar refractivity (Wildman–Crippen MR) is 136 cm³/mol. The molecule has 2 aromatic carbocycles. The van der Waals surface area contributed by atoms with E-state index in [9.17, 15) is 14.7 Å². The second kappa shape index (κ2) is 15.8. The fraction of sp³-hybridized carbons (Fsp3) is 0.375. The van der Waals surface area contributed by atoms with Gasteiger partial charge in [-0.2, -0.15) is 0 Å². The molecule has 0 aliphatic rings. The van der Waals surface area contributed by atoms with Crippen LogP contribution >= 0.6 is 0 Å². The Morgan fingerprint density at radius 1 is 1.03 bits per heavy atom. The third-order valence-electron chi connectivity index (χ3n) is 5.43. The summed E-state index contributed by atoms with van der Waals surface area (Å²) in [5, 5.41) is 23.9. The van der Waals surface area contributed by atoms with E-state index < -0.39 is 12.0 Å². The average molecular weight is 516 g/mol. The fourth-order valence-electron chi connectivity index (χ4n) is 3.79. The number of aliphatic carboxylic acids is 1. The summed E-state index contributed by atoms with van der Waals surface area (Å²) in [5.74, 6) is -0.713. The van der Waals surface area contributed by atoms with Crippen LogP contribution in [0.3, 0.4) is 0 Å². The van der Waals surface area contributed by atoms with E-state index in [1.807, 2.05) is 69.3 Å². The Labute approximate surface area is 285 Å². The van der Waals surface area contributed by atoms with Crippen molar-refractivity contribution in [3.8, 4) is 22.5 Å². The molecule has 1 heterocycles. The number of carboxylic acids is 1. The number of nitrogens with zero attached hydrogens (tertiary/aromatic N) is 4. The van der Waals surface area contributed by atoms with Gasteiger partial charge in [0.15, 0.2) is 5.82 Å². The number of H-pyrrole nitrogens is 1. The molecule has 0 aliphatic heterocycles. The standard InChI is InChI=1S/C24H29N5O3.2K.2H/c1-4-5-10-21(30)29(22(16(2)3)24(31)32)15-17-11-13-18(14-12-17)19-8-6-7-9-20(19)23-25-27-28-26-23;;;;/h6-9,11-14,16,22H,4-5,10,15H2,1-3H3,(H,31,32)(H,25,26,27,28);;;;/t22-;;;;/m0..../s1. The Morgan fingerprint density at radius 3 is 2.21 bits per heavy atom. The molecule has 1 aromatic heterocycles. The van der Waals surface area contributed by atoms with Crippen LogP contribution in [0.1, 0.15) is 45.6 Å². The summed E-state index contributed by atoms with van der Waals surface area (Å²) in [6.45, 7) is 5.93. The van der Waals surface area contributed by atoms with Crippen LogP contribution in [0, 0.1) is 5.92 Å². The first-order valence-corrected chi connectivity index (χ1v) is 10.9. The van der Waals surface area contributed by atoms with Gasteiger partial charge in [0.1, 0.15) is 6.04 Å². The summed E-state index contributed by atoms with van der Waals surface area (Å²) in [7, 11) is 0. The van der Waals surface area contributed by atoms with Gasteiger partial charge in [-0.15, -0.1) is 5.10 Å². The van der Waals surface area contributed by atoms with Crippen molar-refractivity contribution in [1.29, 1.82) is 0 Å². The number of tetrazole rings is 1. The molecule has 0 saturated heterocycles. The SMILES string of the molecule is CCCCC(=O)N(Cc1ccc(-c2ccccc2-c2nnn[nH]2)cc1)[C@H](C(=O)O)C(C)C.[KH].[KH]. The molecule has 2 N–H and O–H groups in total. The maximum absolute atomic E-state index is 12.9. The minimum atomic E-state index is -0.976. The molecule has 1 amide bonds. The number of nitrogens with one attached hydrogen (secondary N) is 1. The van der Waals surface area contributed by atoms with Crippen molar-refractivity contribution in [1.82, 2.24) is 25.5 Å². The van der Waals surface area contributed by atoms with Gasteiger partial charge >= 0.3 is 109 Å². The number of amides is 1. The van der Waals surface area contributed by atoms with Gasteiger partial charge in [0.2, 0.25) is 5.91 Å². The van der Waals surface area contributed by atoms with E-state index >= 15 is 0 Å². The topological polar surface area (TPSA) is 112 Å². The van der Waals surface area contributed by atoms with Crippen LogP contribution in [-0.2, 0) is 16.1 Å². The number of hydrogen-bond donors (Lipinski definition) is 2. The predicted octanol–water partition coefficient (Wildman–Crippen LogP) is 2.86. The summed E-state index contributed by atoms with van der Waals surface area (Å²) in [6.07, 6.45) is 1.98. The van der Waals surface area contributed by atoms with Crippen molar-refractivity contribution in [2.24, 2.45) is 5.92 Å². The molecule has 34 heavy (non-hydrogen) atoms. The van der Waals surface area contributed by atoms with E-state index in [1.165, 1.54) is 4.90 Å². The van der Waals surface area contributed by atoms with E-state index in [2.05, 4.69) is 20.6 Å². The number of aromatic amines is 1. The van der Waals surface area contributed by atoms with E-state index in [1.54, 1.807) is 0 Å². The van der Waals surface area contributed by atoms with Gasteiger partial charge in [-0.05, 0) is 39.5 Å². The number of hydrogen-bond acceptors (Lipinski definition) is 5. The molecule has 0 unspecified atom stereocenters. The van der Waals surface area contributed by atoms with Crippen molar-refractivity contribution in [2.45, 2.75) is 52.6 Å². The summed E-state index contributed by atoms with van der Waals surface area (Å²) >= 11 is 0. The second-order valence-electron chi connectivity index (χ2n) is 8.14.